The molecule has 0 spiro atoms. The number of halogens is 3. The Morgan fingerprint density at radius 3 is 2.68 bits per heavy atom. The van der Waals surface area contributed by atoms with E-state index in [2.05, 4.69) is 59.1 Å². The Labute approximate surface area is 233 Å². The van der Waals surface area contributed by atoms with Crippen LogP contribution in [0.1, 0.15) is 12.5 Å². The molecule has 1 fully saturated rings. The van der Waals surface area contributed by atoms with Crippen molar-refractivity contribution in [2.75, 3.05) is 43.4 Å². The lowest BCUT2D eigenvalue weighted by Gasteiger charge is -2.33. The molecule has 1 atom stereocenters. The highest BCUT2D eigenvalue weighted by atomic mass is 19.4. The largest absolute Gasteiger partial charge is 0.408 e. The van der Waals surface area contributed by atoms with Crippen molar-refractivity contribution in [3.8, 4) is 11.1 Å². The molecule has 0 bridgehead atoms. The second-order valence-electron chi connectivity index (χ2n) is 10.2. The highest BCUT2D eigenvalue weighted by Crippen LogP contribution is 2.31. The van der Waals surface area contributed by atoms with E-state index in [9.17, 15) is 13.2 Å². The topological polar surface area (TPSA) is 102 Å². The van der Waals surface area contributed by atoms with E-state index in [-0.39, 0.29) is 5.70 Å². The molecule has 13 heteroatoms. The highest BCUT2D eigenvalue weighted by molar-refractivity contribution is 5.94. The van der Waals surface area contributed by atoms with Gasteiger partial charge >= 0.3 is 6.18 Å². The number of fused-ring (bicyclic) bond motifs is 2. The average molecular weight is 563 g/mol. The normalized spacial score (nSPS) is 15.4. The van der Waals surface area contributed by atoms with Crippen LogP contribution in [0.5, 0.6) is 0 Å². The molecule has 1 saturated heterocycles. The van der Waals surface area contributed by atoms with E-state index >= 15 is 0 Å². The van der Waals surface area contributed by atoms with Gasteiger partial charge < -0.3 is 25.4 Å². The van der Waals surface area contributed by atoms with Crippen LogP contribution in [0, 0.1) is 0 Å². The van der Waals surface area contributed by atoms with Gasteiger partial charge in [-0.2, -0.15) is 23.3 Å². The van der Waals surface area contributed by atoms with Crippen LogP contribution in [0.15, 0.2) is 61.8 Å². The summed E-state index contributed by atoms with van der Waals surface area (Å²) in [7, 11) is 2.12. The molecule has 1 aliphatic heterocycles. The van der Waals surface area contributed by atoms with E-state index in [0.29, 0.717) is 22.7 Å². The van der Waals surface area contributed by atoms with E-state index in [4.69, 9.17) is 0 Å². The number of nitrogens with zero attached hydrogens (tertiary/aromatic N) is 7. The molecule has 6 heterocycles. The van der Waals surface area contributed by atoms with Crippen molar-refractivity contribution >= 4 is 39.7 Å². The van der Waals surface area contributed by atoms with Crippen LogP contribution < -0.4 is 15.5 Å². The molecule has 1 unspecified atom stereocenters. The van der Waals surface area contributed by atoms with Gasteiger partial charge in [-0.3, -0.25) is 0 Å². The summed E-state index contributed by atoms with van der Waals surface area (Å²) in [5.41, 5.74) is 4.42. The number of piperazine rings is 1. The Balaban J connectivity index is 1.23. The van der Waals surface area contributed by atoms with Gasteiger partial charge in [0.15, 0.2) is 0 Å². The van der Waals surface area contributed by atoms with Crippen LogP contribution in [0.2, 0.25) is 0 Å². The molecule has 1 aliphatic rings. The van der Waals surface area contributed by atoms with Crippen LogP contribution in [0.25, 0.3) is 33.4 Å². The summed E-state index contributed by atoms with van der Waals surface area (Å²) in [6.07, 6.45) is 4.22. The fourth-order valence-electron chi connectivity index (χ4n) is 4.84. The Bertz CT molecular complexity index is 1720. The van der Waals surface area contributed by atoms with Gasteiger partial charge in [-0.05, 0) is 37.7 Å². The standard InChI is InChI=1S/C28H29F3N10/c1-17(36-18(2)28(29,30)31)21-16-35-41-7-5-19(12-24(21)41)22-14-33-26-23(22)15-34-27(38-26)37-20-4-6-32-25(13-20)40-10-8-39(3)9-11-40/h4-7,12-16,18,36H,1,8-11H2,2-3H3,(H2,32,33,34,37,38). The molecule has 212 valence electrons. The second-order valence-corrected chi connectivity index (χ2v) is 10.2. The first-order valence-electron chi connectivity index (χ1n) is 13.2. The molecule has 5 aromatic rings. The molecule has 10 nitrogen and oxygen atoms in total. The average Bonchev–Trinajstić information content (AvgIpc) is 3.57. The molecule has 0 amide bonds. The third-order valence-corrected chi connectivity index (χ3v) is 7.30. The number of hydrogen-bond donors (Lipinski definition) is 3. The van der Waals surface area contributed by atoms with Crippen molar-refractivity contribution in [3.05, 3.63) is 67.4 Å². The number of nitrogens with one attached hydrogen (secondary N) is 3. The predicted octanol–water partition coefficient (Wildman–Crippen LogP) is 4.67. The maximum Gasteiger partial charge on any atom is 0.408 e. The number of anilines is 3. The van der Waals surface area contributed by atoms with E-state index in [0.717, 1.165) is 61.1 Å². The molecule has 0 aliphatic carbocycles. The lowest BCUT2D eigenvalue weighted by atomic mass is 10.1. The van der Waals surface area contributed by atoms with E-state index < -0.39 is 12.2 Å². The molecule has 6 rings (SSSR count). The summed E-state index contributed by atoms with van der Waals surface area (Å²) < 4.78 is 40.8. The smallest absolute Gasteiger partial charge is 0.374 e. The molecular formula is C28H29F3N10. The fourth-order valence-corrected chi connectivity index (χ4v) is 4.84. The third-order valence-electron chi connectivity index (χ3n) is 7.30. The second kappa shape index (κ2) is 10.4. The van der Waals surface area contributed by atoms with Gasteiger partial charge in [-0.25, -0.2) is 14.5 Å². The van der Waals surface area contributed by atoms with Crippen molar-refractivity contribution in [2.24, 2.45) is 0 Å². The molecule has 3 N–H and O–H groups in total. The number of likely N-dealkylation sites (N-methyl/N-ethyl adjacent to an activating group) is 1. The van der Waals surface area contributed by atoms with Gasteiger partial charge in [-0.1, -0.05) is 6.58 Å². The molecule has 41 heavy (non-hydrogen) atoms. The number of pyridine rings is 2. The minimum absolute atomic E-state index is 0.145. The summed E-state index contributed by atoms with van der Waals surface area (Å²) in [4.78, 5) is 21.5. The number of hydrogen-bond acceptors (Lipinski definition) is 8. The fraction of sp³-hybridized carbons (Fsp3) is 0.286. The van der Waals surface area contributed by atoms with Gasteiger partial charge in [0, 0.05) is 84.9 Å². The zero-order valence-electron chi connectivity index (χ0n) is 22.6. The number of rotatable bonds is 7. The molecular weight excluding hydrogens is 533 g/mol. The maximum atomic E-state index is 13.1. The van der Waals surface area contributed by atoms with Gasteiger partial charge in [0.2, 0.25) is 5.95 Å². The number of H-pyrrole nitrogens is 1. The van der Waals surface area contributed by atoms with Crippen molar-refractivity contribution < 1.29 is 13.2 Å². The molecule has 5 aromatic heterocycles. The first kappa shape index (κ1) is 26.6. The Morgan fingerprint density at radius 2 is 1.90 bits per heavy atom. The summed E-state index contributed by atoms with van der Waals surface area (Å²) in [5.74, 6) is 1.35. The van der Waals surface area contributed by atoms with Gasteiger partial charge in [0.25, 0.3) is 0 Å². The van der Waals surface area contributed by atoms with E-state index in [1.54, 1.807) is 23.1 Å². The summed E-state index contributed by atoms with van der Waals surface area (Å²) >= 11 is 0. The van der Waals surface area contributed by atoms with Crippen LogP contribution >= 0.6 is 0 Å². The summed E-state index contributed by atoms with van der Waals surface area (Å²) in [6.45, 7) is 8.70. The lowest BCUT2D eigenvalue weighted by Crippen LogP contribution is -2.44. The lowest BCUT2D eigenvalue weighted by molar-refractivity contribution is -0.148. The van der Waals surface area contributed by atoms with Crippen molar-refractivity contribution in [1.29, 1.82) is 0 Å². The Kier molecular flexibility index (Phi) is 6.73. The molecule has 0 aromatic carbocycles. The number of aromatic amines is 1. The molecule has 0 radical (unpaired) electrons. The van der Waals surface area contributed by atoms with Crippen molar-refractivity contribution in [2.45, 2.75) is 19.1 Å². The molecule has 0 saturated carbocycles. The minimum atomic E-state index is -4.39. The monoisotopic (exact) mass is 562 g/mol. The minimum Gasteiger partial charge on any atom is -0.374 e. The SMILES string of the molecule is C=C(NC(C)C(F)(F)F)c1cnn2ccc(-c3c[nH]c4nc(Nc5ccnc(N6CCN(C)CC6)c5)ncc34)cc12. The summed E-state index contributed by atoms with van der Waals surface area (Å²) in [5, 5.41) is 10.8. The maximum absolute atomic E-state index is 13.1. The number of aromatic nitrogens is 6. The first-order chi connectivity index (χ1) is 19.7. The van der Waals surface area contributed by atoms with Gasteiger partial charge in [0.1, 0.15) is 17.5 Å². The van der Waals surface area contributed by atoms with Crippen molar-refractivity contribution in [1.82, 2.24) is 39.8 Å². The number of alkyl halides is 3. The zero-order valence-corrected chi connectivity index (χ0v) is 22.6. The quantitative estimate of drug-likeness (QED) is 0.263. The van der Waals surface area contributed by atoms with E-state index in [1.165, 1.54) is 6.20 Å². The Hall–Kier alpha value is -4.65. The van der Waals surface area contributed by atoms with Crippen LogP contribution in [-0.4, -0.2) is 79.9 Å². The van der Waals surface area contributed by atoms with Crippen LogP contribution in [0.3, 0.4) is 0 Å². The van der Waals surface area contributed by atoms with Crippen molar-refractivity contribution in [3.63, 3.8) is 0 Å². The first-order valence-corrected chi connectivity index (χ1v) is 13.2. The third kappa shape index (κ3) is 5.40. The highest BCUT2D eigenvalue weighted by Gasteiger charge is 2.36. The van der Waals surface area contributed by atoms with Crippen LogP contribution in [-0.2, 0) is 0 Å². The Morgan fingerprint density at radius 1 is 1.10 bits per heavy atom. The van der Waals surface area contributed by atoms with Gasteiger partial charge in [-0.15, -0.1) is 0 Å². The van der Waals surface area contributed by atoms with Gasteiger partial charge in [0.05, 0.1) is 11.7 Å². The predicted molar refractivity (Wildman–Crippen MR) is 153 cm³/mol. The zero-order chi connectivity index (χ0) is 28.7. The summed E-state index contributed by atoms with van der Waals surface area (Å²) in [6, 6.07) is 5.87. The van der Waals surface area contributed by atoms with E-state index in [1.807, 2.05) is 30.5 Å². The van der Waals surface area contributed by atoms with Crippen LogP contribution in [0.4, 0.5) is 30.6 Å².